The average Bonchev–Trinajstić information content (AvgIpc) is 2.75. The minimum atomic E-state index is -0.235. The number of aromatic hydroxyl groups is 1. The summed E-state index contributed by atoms with van der Waals surface area (Å²) in [5.74, 6) is 1.12. The number of nitrogens with zero attached hydrogens (tertiary/aromatic N) is 1. The van der Waals surface area contributed by atoms with Crippen molar-refractivity contribution >= 4 is 11.9 Å². The molecule has 1 N–H and O–H groups in total. The summed E-state index contributed by atoms with van der Waals surface area (Å²) in [6.07, 6.45) is 6.88. The summed E-state index contributed by atoms with van der Waals surface area (Å²) in [6.45, 7) is 5.24. The Balaban J connectivity index is 1.81. The number of methoxy groups -OCH3 is 1. The second kappa shape index (κ2) is 10.1. The third-order valence-electron chi connectivity index (χ3n) is 5.13. The summed E-state index contributed by atoms with van der Waals surface area (Å²) in [4.78, 5) is 15.1. The van der Waals surface area contributed by atoms with E-state index in [1.54, 1.807) is 25.3 Å². The minimum absolute atomic E-state index is 0.0553. The summed E-state index contributed by atoms with van der Waals surface area (Å²) in [7, 11) is 1.62. The lowest BCUT2D eigenvalue weighted by Crippen LogP contribution is -2.29. The van der Waals surface area contributed by atoms with Crippen molar-refractivity contribution in [3.63, 3.8) is 0 Å². The molecule has 0 aliphatic carbocycles. The fourth-order valence-electron chi connectivity index (χ4n) is 3.56. The number of carbonyl (C=O) groups is 1. The van der Waals surface area contributed by atoms with Crippen LogP contribution in [0, 0.1) is 0 Å². The lowest BCUT2D eigenvalue weighted by atomic mass is 10.0. The molecule has 1 saturated heterocycles. The quantitative estimate of drug-likeness (QED) is 0.519. The zero-order valence-corrected chi connectivity index (χ0v) is 17.2. The van der Waals surface area contributed by atoms with Gasteiger partial charge in [-0.15, -0.1) is 0 Å². The molecular formula is C24H29NO4. The van der Waals surface area contributed by atoms with Crippen molar-refractivity contribution in [3.8, 4) is 17.2 Å². The highest BCUT2D eigenvalue weighted by atomic mass is 16.5. The van der Waals surface area contributed by atoms with E-state index in [0.29, 0.717) is 17.9 Å². The predicted octanol–water partition coefficient (Wildman–Crippen LogP) is 4.68. The number of ketones is 1. The molecule has 1 fully saturated rings. The molecule has 29 heavy (non-hydrogen) atoms. The molecule has 5 heteroatoms. The SMILES string of the molecule is CCOc1cc(O)c(C(=O)/C=C/c2ccc(OC)cc2)cc1CN1CCCCC1. The van der Waals surface area contributed by atoms with Crippen LogP contribution in [0.5, 0.6) is 17.2 Å². The van der Waals surface area contributed by atoms with Gasteiger partial charge >= 0.3 is 0 Å². The van der Waals surface area contributed by atoms with Crippen LogP contribution in [0.15, 0.2) is 42.5 Å². The molecule has 1 aliphatic heterocycles. The summed E-state index contributed by atoms with van der Waals surface area (Å²) in [5.41, 5.74) is 2.12. The second-order valence-electron chi connectivity index (χ2n) is 7.22. The molecule has 0 aromatic heterocycles. The Bertz CT molecular complexity index is 852. The monoisotopic (exact) mass is 395 g/mol. The number of likely N-dealkylation sites (tertiary alicyclic amines) is 1. The molecule has 0 saturated carbocycles. The molecule has 154 valence electrons. The number of benzene rings is 2. The fraction of sp³-hybridized carbons (Fsp3) is 0.375. The maximum absolute atomic E-state index is 12.7. The topological polar surface area (TPSA) is 59.0 Å². The summed E-state index contributed by atoms with van der Waals surface area (Å²) >= 11 is 0. The van der Waals surface area contributed by atoms with Gasteiger partial charge in [-0.3, -0.25) is 9.69 Å². The van der Waals surface area contributed by atoms with Crippen molar-refractivity contribution < 1.29 is 19.4 Å². The normalized spacial score (nSPS) is 14.8. The number of piperidine rings is 1. The lowest BCUT2D eigenvalue weighted by molar-refractivity contribution is 0.104. The van der Waals surface area contributed by atoms with Crippen molar-refractivity contribution in [1.82, 2.24) is 4.90 Å². The first-order valence-electron chi connectivity index (χ1n) is 10.2. The summed E-state index contributed by atoms with van der Waals surface area (Å²) in [5, 5.41) is 10.4. The van der Waals surface area contributed by atoms with Gasteiger partial charge in [0, 0.05) is 18.2 Å². The Morgan fingerprint density at radius 3 is 2.52 bits per heavy atom. The Labute approximate surface area is 172 Å². The molecule has 3 rings (SSSR count). The van der Waals surface area contributed by atoms with Gasteiger partial charge in [0.05, 0.1) is 19.3 Å². The molecule has 0 unspecified atom stereocenters. The number of allylic oxidation sites excluding steroid dienone is 1. The van der Waals surface area contributed by atoms with Crippen LogP contribution in [0.4, 0.5) is 0 Å². The van der Waals surface area contributed by atoms with E-state index in [0.717, 1.165) is 36.5 Å². The number of phenols is 1. The average molecular weight is 395 g/mol. The zero-order valence-electron chi connectivity index (χ0n) is 17.2. The molecule has 2 aromatic rings. The Morgan fingerprint density at radius 1 is 1.14 bits per heavy atom. The van der Waals surface area contributed by atoms with E-state index in [-0.39, 0.29) is 11.5 Å². The van der Waals surface area contributed by atoms with Crippen molar-refractivity contribution in [2.24, 2.45) is 0 Å². The van der Waals surface area contributed by atoms with Crippen LogP contribution < -0.4 is 9.47 Å². The molecule has 0 radical (unpaired) electrons. The Kier molecular flexibility index (Phi) is 7.30. The summed E-state index contributed by atoms with van der Waals surface area (Å²) in [6, 6.07) is 10.8. The van der Waals surface area contributed by atoms with Gasteiger partial charge in [0.1, 0.15) is 17.2 Å². The zero-order chi connectivity index (χ0) is 20.6. The maximum atomic E-state index is 12.7. The number of hydrogen-bond donors (Lipinski definition) is 1. The van der Waals surface area contributed by atoms with Gasteiger partial charge < -0.3 is 14.6 Å². The number of phenolic OH excluding ortho intramolecular Hbond substituents is 1. The van der Waals surface area contributed by atoms with E-state index in [2.05, 4.69) is 4.90 Å². The van der Waals surface area contributed by atoms with Gasteiger partial charge in [-0.1, -0.05) is 24.6 Å². The van der Waals surface area contributed by atoms with Crippen LogP contribution in [0.25, 0.3) is 6.08 Å². The number of rotatable bonds is 8. The van der Waals surface area contributed by atoms with E-state index in [1.807, 2.05) is 31.2 Å². The highest BCUT2D eigenvalue weighted by Gasteiger charge is 2.18. The first kappa shape index (κ1) is 20.9. The van der Waals surface area contributed by atoms with Crippen LogP contribution >= 0.6 is 0 Å². The fourth-order valence-corrected chi connectivity index (χ4v) is 3.56. The predicted molar refractivity (Wildman–Crippen MR) is 115 cm³/mol. The first-order chi connectivity index (χ1) is 14.1. The van der Waals surface area contributed by atoms with Gasteiger partial charge in [0.2, 0.25) is 0 Å². The van der Waals surface area contributed by atoms with Crippen molar-refractivity contribution in [2.45, 2.75) is 32.7 Å². The lowest BCUT2D eigenvalue weighted by Gasteiger charge is -2.27. The molecule has 1 heterocycles. The molecule has 0 bridgehead atoms. The molecule has 0 spiro atoms. The van der Waals surface area contributed by atoms with Gasteiger partial charge in [0.15, 0.2) is 5.78 Å². The Morgan fingerprint density at radius 2 is 1.86 bits per heavy atom. The molecule has 1 aliphatic rings. The third kappa shape index (κ3) is 5.61. The van der Waals surface area contributed by atoms with Gasteiger partial charge in [-0.25, -0.2) is 0 Å². The van der Waals surface area contributed by atoms with Crippen LogP contribution in [0.2, 0.25) is 0 Å². The van der Waals surface area contributed by atoms with E-state index in [9.17, 15) is 9.90 Å². The van der Waals surface area contributed by atoms with E-state index < -0.39 is 0 Å². The minimum Gasteiger partial charge on any atom is -0.507 e. The van der Waals surface area contributed by atoms with Crippen LogP contribution in [0.1, 0.15) is 47.7 Å². The summed E-state index contributed by atoms with van der Waals surface area (Å²) < 4.78 is 10.9. The van der Waals surface area contributed by atoms with Gasteiger partial charge in [-0.2, -0.15) is 0 Å². The van der Waals surface area contributed by atoms with E-state index in [4.69, 9.17) is 9.47 Å². The van der Waals surface area contributed by atoms with Crippen molar-refractivity contribution in [2.75, 3.05) is 26.8 Å². The molecule has 0 amide bonds. The number of ether oxygens (including phenoxy) is 2. The smallest absolute Gasteiger partial charge is 0.189 e. The molecule has 0 atom stereocenters. The highest BCUT2D eigenvalue weighted by Crippen LogP contribution is 2.31. The largest absolute Gasteiger partial charge is 0.507 e. The third-order valence-corrected chi connectivity index (χ3v) is 5.13. The Hall–Kier alpha value is -2.79. The number of carbonyl (C=O) groups excluding carboxylic acids is 1. The second-order valence-corrected chi connectivity index (χ2v) is 7.22. The number of hydrogen-bond acceptors (Lipinski definition) is 5. The van der Waals surface area contributed by atoms with E-state index >= 15 is 0 Å². The molecule has 2 aromatic carbocycles. The maximum Gasteiger partial charge on any atom is 0.189 e. The standard InChI is InChI=1S/C24H29NO4/c1-3-29-24-16-23(27)21(15-19(24)17-25-13-5-4-6-14-25)22(26)12-9-18-7-10-20(28-2)11-8-18/h7-12,15-16,27H,3-6,13-14,17H2,1-2H3/b12-9+. The highest BCUT2D eigenvalue weighted by molar-refractivity contribution is 6.08. The molecular weight excluding hydrogens is 366 g/mol. The van der Waals surface area contributed by atoms with Gasteiger partial charge in [0.25, 0.3) is 0 Å². The molecule has 5 nitrogen and oxygen atoms in total. The van der Waals surface area contributed by atoms with Crippen molar-refractivity contribution in [3.05, 3.63) is 59.2 Å². The van der Waals surface area contributed by atoms with Crippen LogP contribution in [-0.4, -0.2) is 42.6 Å². The van der Waals surface area contributed by atoms with Crippen molar-refractivity contribution in [1.29, 1.82) is 0 Å². The van der Waals surface area contributed by atoms with Crippen LogP contribution in [0.3, 0.4) is 0 Å². The first-order valence-corrected chi connectivity index (χ1v) is 10.2. The van der Waals surface area contributed by atoms with Crippen LogP contribution in [-0.2, 0) is 6.54 Å². The van der Waals surface area contributed by atoms with Gasteiger partial charge in [-0.05, 0) is 62.7 Å². The van der Waals surface area contributed by atoms with E-state index in [1.165, 1.54) is 25.3 Å².